The van der Waals surface area contributed by atoms with Crippen molar-refractivity contribution in [3.8, 4) is 0 Å². The van der Waals surface area contributed by atoms with Gasteiger partial charge in [-0.25, -0.2) is 4.98 Å². The van der Waals surface area contributed by atoms with Crippen molar-refractivity contribution < 1.29 is 14.7 Å². The van der Waals surface area contributed by atoms with Crippen LogP contribution in [0.5, 0.6) is 0 Å². The molecule has 112 valence electrons. The molecule has 0 aliphatic heterocycles. The molecule has 0 spiro atoms. The summed E-state index contributed by atoms with van der Waals surface area (Å²) in [5, 5.41) is 13.8. The van der Waals surface area contributed by atoms with E-state index in [9.17, 15) is 9.59 Å². The van der Waals surface area contributed by atoms with Gasteiger partial charge in [0.25, 0.3) is 5.91 Å². The first kappa shape index (κ1) is 16.6. The highest BCUT2D eigenvalue weighted by atomic mass is 32.1. The molecule has 1 heterocycles. The highest BCUT2D eigenvalue weighted by Gasteiger charge is 2.13. The number of carboxylic acid groups (broad SMARTS) is 1. The van der Waals surface area contributed by atoms with Crippen LogP contribution in [-0.4, -0.2) is 28.5 Å². The Labute approximate surface area is 122 Å². The molecular weight excluding hydrogens is 278 g/mol. The molecule has 2 unspecified atom stereocenters. The number of hydrogen-bond acceptors (Lipinski definition) is 5. The Hall–Kier alpha value is -1.47. The summed E-state index contributed by atoms with van der Waals surface area (Å²) in [5.74, 6) is -0.730. The minimum atomic E-state index is -0.785. The molecule has 0 fully saturated rings. The van der Waals surface area contributed by atoms with Crippen molar-refractivity contribution in [2.75, 3.05) is 6.54 Å². The van der Waals surface area contributed by atoms with Gasteiger partial charge in [0.1, 0.15) is 10.7 Å². The molecule has 7 heteroatoms. The van der Waals surface area contributed by atoms with E-state index in [1.165, 1.54) is 11.3 Å². The van der Waals surface area contributed by atoms with Gasteiger partial charge >= 0.3 is 5.97 Å². The summed E-state index contributed by atoms with van der Waals surface area (Å²) in [7, 11) is 0. The molecule has 0 saturated carbocycles. The SMILES string of the molecule is CC(CCNC(=O)c1csc(C(C)N)n1)CCC(=O)O. The summed E-state index contributed by atoms with van der Waals surface area (Å²) in [6, 6.07) is -0.169. The predicted molar refractivity (Wildman–Crippen MR) is 77.7 cm³/mol. The molecule has 4 N–H and O–H groups in total. The lowest BCUT2D eigenvalue weighted by molar-refractivity contribution is -0.137. The van der Waals surface area contributed by atoms with Crippen LogP contribution in [0.25, 0.3) is 0 Å². The molecule has 6 nitrogen and oxygen atoms in total. The summed E-state index contributed by atoms with van der Waals surface area (Å²) in [4.78, 5) is 26.4. The zero-order valence-corrected chi connectivity index (χ0v) is 12.6. The second kappa shape index (κ2) is 7.96. The van der Waals surface area contributed by atoms with Crippen LogP contribution in [-0.2, 0) is 4.79 Å². The number of aromatic nitrogens is 1. The third kappa shape index (κ3) is 5.66. The van der Waals surface area contributed by atoms with E-state index in [2.05, 4.69) is 10.3 Å². The summed E-state index contributed by atoms with van der Waals surface area (Å²) in [5.41, 5.74) is 6.08. The monoisotopic (exact) mass is 299 g/mol. The van der Waals surface area contributed by atoms with Gasteiger partial charge in [-0.1, -0.05) is 6.92 Å². The number of carbonyl (C=O) groups is 2. The molecular formula is C13H21N3O3S. The van der Waals surface area contributed by atoms with Gasteiger partial charge in [0.2, 0.25) is 0 Å². The molecule has 0 aliphatic rings. The van der Waals surface area contributed by atoms with Gasteiger partial charge < -0.3 is 16.2 Å². The van der Waals surface area contributed by atoms with E-state index >= 15 is 0 Å². The van der Waals surface area contributed by atoms with E-state index in [-0.39, 0.29) is 24.3 Å². The average Bonchev–Trinajstić information content (AvgIpc) is 2.86. The highest BCUT2D eigenvalue weighted by molar-refractivity contribution is 7.09. The van der Waals surface area contributed by atoms with Gasteiger partial charge in [-0.3, -0.25) is 9.59 Å². The van der Waals surface area contributed by atoms with Crippen LogP contribution >= 0.6 is 11.3 Å². The van der Waals surface area contributed by atoms with Crippen molar-refractivity contribution in [2.24, 2.45) is 11.7 Å². The number of carboxylic acids is 1. The zero-order valence-electron chi connectivity index (χ0n) is 11.8. The molecule has 0 saturated heterocycles. The Bertz CT molecular complexity index is 459. The molecule has 1 amide bonds. The topological polar surface area (TPSA) is 105 Å². The van der Waals surface area contributed by atoms with Crippen LogP contribution in [0, 0.1) is 5.92 Å². The quantitative estimate of drug-likeness (QED) is 0.678. The molecule has 0 radical (unpaired) electrons. The minimum absolute atomic E-state index is 0.166. The van der Waals surface area contributed by atoms with Crippen LogP contribution in [0.2, 0.25) is 0 Å². The maximum absolute atomic E-state index is 11.8. The van der Waals surface area contributed by atoms with Crippen LogP contribution in [0.3, 0.4) is 0 Å². The lowest BCUT2D eigenvalue weighted by atomic mass is 10.0. The summed E-state index contributed by atoms with van der Waals surface area (Å²) in [6.07, 6.45) is 1.54. The molecule has 0 aromatic carbocycles. The Balaban J connectivity index is 2.30. The number of aliphatic carboxylic acids is 1. The Kier molecular flexibility index (Phi) is 6.60. The first-order valence-electron chi connectivity index (χ1n) is 6.61. The van der Waals surface area contributed by atoms with E-state index in [1.807, 2.05) is 13.8 Å². The first-order chi connectivity index (χ1) is 9.40. The Morgan fingerprint density at radius 3 is 2.70 bits per heavy atom. The highest BCUT2D eigenvalue weighted by Crippen LogP contribution is 2.15. The van der Waals surface area contributed by atoms with Crippen molar-refractivity contribution in [3.05, 3.63) is 16.1 Å². The molecule has 0 bridgehead atoms. The van der Waals surface area contributed by atoms with Gasteiger partial charge in [0, 0.05) is 18.3 Å². The summed E-state index contributed by atoms with van der Waals surface area (Å²) in [6.45, 7) is 4.32. The van der Waals surface area contributed by atoms with Crippen molar-refractivity contribution >= 4 is 23.2 Å². The number of rotatable bonds is 8. The van der Waals surface area contributed by atoms with E-state index in [0.29, 0.717) is 18.7 Å². The Morgan fingerprint density at radius 2 is 2.15 bits per heavy atom. The molecule has 2 atom stereocenters. The normalized spacial score (nSPS) is 13.8. The molecule has 1 aromatic heterocycles. The summed E-state index contributed by atoms with van der Waals surface area (Å²) < 4.78 is 0. The van der Waals surface area contributed by atoms with Crippen molar-refractivity contribution in [1.29, 1.82) is 0 Å². The van der Waals surface area contributed by atoms with Gasteiger partial charge in [-0.05, 0) is 25.7 Å². The lowest BCUT2D eigenvalue weighted by Gasteiger charge is -2.10. The number of carbonyl (C=O) groups excluding carboxylic acids is 1. The second-order valence-corrected chi connectivity index (χ2v) is 5.83. The maximum atomic E-state index is 11.8. The third-order valence-corrected chi connectivity index (χ3v) is 3.96. The van der Waals surface area contributed by atoms with Crippen molar-refractivity contribution in [3.63, 3.8) is 0 Å². The number of amides is 1. The zero-order chi connectivity index (χ0) is 15.1. The smallest absolute Gasteiger partial charge is 0.303 e. The number of nitrogens with two attached hydrogens (primary N) is 1. The number of thiazole rings is 1. The van der Waals surface area contributed by atoms with Crippen LogP contribution < -0.4 is 11.1 Å². The lowest BCUT2D eigenvalue weighted by Crippen LogP contribution is -2.26. The van der Waals surface area contributed by atoms with Gasteiger partial charge in [0.15, 0.2) is 0 Å². The van der Waals surface area contributed by atoms with Gasteiger partial charge in [0.05, 0.1) is 6.04 Å². The van der Waals surface area contributed by atoms with Gasteiger partial charge in [-0.15, -0.1) is 11.3 Å². The third-order valence-electron chi connectivity index (χ3n) is 2.92. The fourth-order valence-electron chi connectivity index (χ4n) is 1.64. The van der Waals surface area contributed by atoms with Crippen molar-refractivity contribution in [2.45, 2.75) is 39.2 Å². The fraction of sp³-hybridized carbons (Fsp3) is 0.615. The number of hydrogen-bond donors (Lipinski definition) is 3. The maximum Gasteiger partial charge on any atom is 0.303 e. The van der Waals surface area contributed by atoms with Crippen LogP contribution in [0.4, 0.5) is 0 Å². The van der Waals surface area contributed by atoms with Gasteiger partial charge in [-0.2, -0.15) is 0 Å². The van der Waals surface area contributed by atoms with Crippen LogP contribution in [0.15, 0.2) is 5.38 Å². The minimum Gasteiger partial charge on any atom is -0.481 e. The van der Waals surface area contributed by atoms with Crippen molar-refractivity contribution in [1.82, 2.24) is 10.3 Å². The largest absolute Gasteiger partial charge is 0.481 e. The number of nitrogens with zero attached hydrogens (tertiary/aromatic N) is 1. The second-order valence-electron chi connectivity index (χ2n) is 4.94. The van der Waals surface area contributed by atoms with E-state index in [0.717, 1.165) is 11.4 Å². The first-order valence-corrected chi connectivity index (χ1v) is 7.49. The van der Waals surface area contributed by atoms with E-state index in [4.69, 9.17) is 10.8 Å². The molecule has 1 rings (SSSR count). The van der Waals surface area contributed by atoms with E-state index in [1.54, 1.807) is 5.38 Å². The fourth-order valence-corrected chi connectivity index (χ4v) is 2.40. The molecule has 1 aromatic rings. The number of nitrogens with one attached hydrogen (secondary N) is 1. The molecule has 20 heavy (non-hydrogen) atoms. The average molecular weight is 299 g/mol. The standard InChI is InChI=1S/C13H21N3O3S/c1-8(3-4-11(17)18)5-6-15-12(19)10-7-20-13(16-10)9(2)14/h7-9H,3-6,14H2,1-2H3,(H,15,19)(H,17,18). The van der Waals surface area contributed by atoms with E-state index < -0.39 is 5.97 Å². The van der Waals surface area contributed by atoms with Crippen LogP contribution in [0.1, 0.15) is 54.6 Å². The molecule has 0 aliphatic carbocycles. The summed E-state index contributed by atoms with van der Waals surface area (Å²) >= 11 is 1.37. The Morgan fingerprint density at radius 1 is 1.45 bits per heavy atom. The predicted octanol–water partition coefficient (Wildman–Crippen LogP) is 1.78.